The van der Waals surface area contributed by atoms with Crippen LogP contribution in [0.15, 0.2) is 48.5 Å². The smallest absolute Gasteiger partial charge is 0.303 e. The number of benzene rings is 2. The van der Waals surface area contributed by atoms with Crippen LogP contribution in [0.4, 0.5) is 4.39 Å². The van der Waals surface area contributed by atoms with E-state index in [9.17, 15) is 9.18 Å². The van der Waals surface area contributed by atoms with Crippen molar-refractivity contribution in [2.45, 2.75) is 13.3 Å². The molecule has 1 radical (unpaired) electrons. The van der Waals surface area contributed by atoms with Crippen LogP contribution in [-0.2, 0) is 16.0 Å². The lowest BCUT2D eigenvalue weighted by Crippen LogP contribution is -1.98. The van der Waals surface area contributed by atoms with Gasteiger partial charge in [0, 0.05) is 18.9 Å². The lowest BCUT2D eigenvalue weighted by Gasteiger charge is -2.06. The molecule has 0 amide bonds. The van der Waals surface area contributed by atoms with Gasteiger partial charge in [0.1, 0.15) is 12.4 Å². The first-order valence-corrected chi connectivity index (χ1v) is 5.99. The Morgan fingerprint density at radius 2 is 1.95 bits per heavy atom. The molecule has 2 rings (SSSR count). The van der Waals surface area contributed by atoms with Crippen LogP contribution in [0.25, 0.3) is 11.1 Å². The fraction of sp³-hybridized carbons (Fsp3) is 0.125. The summed E-state index contributed by atoms with van der Waals surface area (Å²) in [5.41, 5.74) is 2.17. The minimum absolute atomic E-state index is 0.278. The molecule has 0 N–H and O–H groups in total. The van der Waals surface area contributed by atoms with Crippen molar-refractivity contribution in [1.29, 1.82) is 0 Å². The quantitative estimate of drug-likeness (QED) is 0.779. The Morgan fingerprint density at radius 1 is 1.21 bits per heavy atom. The molecule has 0 aromatic heterocycles. The Labute approximate surface area is 111 Å². The molecular weight excluding hydrogens is 243 g/mol. The minimum atomic E-state index is -0.374. The van der Waals surface area contributed by atoms with Crippen molar-refractivity contribution in [2.75, 3.05) is 0 Å². The van der Waals surface area contributed by atoms with Crippen LogP contribution >= 0.6 is 0 Å². The van der Waals surface area contributed by atoms with Crippen LogP contribution in [0.1, 0.15) is 12.5 Å². The van der Waals surface area contributed by atoms with E-state index in [0.717, 1.165) is 11.1 Å². The average Bonchev–Trinajstić information content (AvgIpc) is 2.39. The second-order valence-electron chi connectivity index (χ2n) is 4.16. The van der Waals surface area contributed by atoms with Gasteiger partial charge in [0.25, 0.3) is 0 Å². The molecule has 0 bridgehead atoms. The van der Waals surface area contributed by atoms with E-state index in [1.807, 2.05) is 36.4 Å². The second kappa shape index (κ2) is 6.14. The largest absolute Gasteiger partial charge is 0.458 e. The van der Waals surface area contributed by atoms with E-state index in [-0.39, 0.29) is 11.8 Å². The van der Waals surface area contributed by atoms with Crippen LogP contribution in [0.5, 0.6) is 0 Å². The van der Waals surface area contributed by atoms with Crippen molar-refractivity contribution in [3.63, 3.8) is 0 Å². The summed E-state index contributed by atoms with van der Waals surface area (Å²) in [5, 5.41) is 0. The molecule has 3 heteroatoms. The van der Waals surface area contributed by atoms with E-state index >= 15 is 0 Å². The molecule has 0 atom stereocenters. The third-order valence-corrected chi connectivity index (χ3v) is 2.69. The zero-order valence-electron chi connectivity index (χ0n) is 10.6. The van der Waals surface area contributed by atoms with Gasteiger partial charge in [0.2, 0.25) is 0 Å². The Kier molecular flexibility index (Phi) is 4.29. The molecule has 19 heavy (non-hydrogen) atoms. The molecule has 2 aromatic rings. The van der Waals surface area contributed by atoms with E-state index in [2.05, 4.69) is 0 Å². The van der Waals surface area contributed by atoms with Crippen LogP contribution in [0.3, 0.4) is 0 Å². The summed E-state index contributed by atoms with van der Waals surface area (Å²) in [4.78, 5) is 10.6. The van der Waals surface area contributed by atoms with E-state index < -0.39 is 0 Å². The number of esters is 1. The van der Waals surface area contributed by atoms with Gasteiger partial charge in [-0.2, -0.15) is 0 Å². The standard InChI is InChI=1S/C16H14FO2/c1-12(18)19-10-9-13-7-8-15(16(17)11-13)14-5-3-2-4-6-14/h2-8,10-11H,9H2,1H3. The van der Waals surface area contributed by atoms with Crippen molar-refractivity contribution in [2.24, 2.45) is 0 Å². The predicted molar refractivity (Wildman–Crippen MR) is 71.6 cm³/mol. The number of halogens is 1. The van der Waals surface area contributed by atoms with Crippen LogP contribution in [0, 0.1) is 12.4 Å². The molecule has 0 aliphatic rings. The Morgan fingerprint density at radius 3 is 2.58 bits per heavy atom. The van der Waals surface area contributed by atoms with Crippen LogP contribution < -0.4 is 0 Å². The topological polar surface area (TPSA) is 26.3 Å². The van der Waals surface area contributed by atoms with Gasteiger partial charge in [0.05, 0.1) is 0 Å². The molecule has 0 heterocycles. The van der Waals surface area contributed by atoms with Gasteiger partial charge in [-0.3, -0.25) is 4.79 Å². The molecule has 0 aliphatic heterocycles. The number of hydrogen-bond donors (Lipinski definition) is 0. The van der Waals surface area contributed by atoms with Crippen molar-refractivity contribution in [3.8, 4) is 11.1 Å². The summed E-state index contributed by atoms with van der Waals surface area (Å²) in [6.45, 7) is 2.70. The van der Waals surface area contributed by atoms with Gasteiger partial charge < -0.3 is 4.74 Å². The summed E-state index contributed by atoms with van der Waals surface area (Å²) >= 11 is 0. The Balaban J connectivity index is 2.11. The maximum absolute atomic E-state index is 14.0. The second-order valence-corrected chi connectivity index (χ2v) is 4.16. The molecular formula is C16H14FO2. The summed E-state index contributed by atoms with van der Waals surface area (Å²) < 4.78 is 18.7. The van der Waals surface area contributed by atoms with E-state index in [4.69, 9.17) is 4.74 Å². The number of ether oxygens (including phenoxy) is 1. The van der Waals surface area contributed by atoms with Gasteiger partial charge in [-0.15, -0.1) is 0 Å². The monoisotopic (exact) mass is 257 g/mol. The van der Waals surface area contributed by atoms with Gasteiger partial charge in [-0.1, -0.05) is 42.5 Å². The Bertz CT molecular complexity index is 564. The first-order chi connectivity index (χ1) is 9.16. The van der Waals surface area contributed by atoms with Crippen molar-refractivity contribution in [1.82, 2.24) is 0 Å². The highest BCUT2D eigenvalue weighted by Crippen LogP contribution is 2.23. The van der Waals surface area contributed by atoms with Crippen LogP contribution in [0.2, 0.25) is 0 Å². The summed E-state index contributed by atoms with van der Waals surface area (Å²) in [7, 11) is 0. The highest BCUT2D eigenvalue weighted by molar-refractivity contribution is 5.66. The van der Waals surface area contributed by atoms with E-state index in [1.165, 1.54) is 19.6 Å². The summed E-state index contributed by atoms with van der Waals surface area (Å²) in [5.74, 6) is -0.652. The molecule has 0 fully saturated rings. The molecule has 0 saturated carbocycles. The molecule has 97 valence electrons. The van der Waals surface area contributed by atoms with Gasteiger partial charge in [-0.25, -0.2) is 4.39 Å². The minimum Gasteiger partial charge on any atom is -0.458 e. The van der Waals surface area contributed by atoms with Crippen LogP contribution in [-0.4, -0.2) is 5.97 Å². The van der Waals surface area contributed by atoms with Gasteiger partial charge in [0.15, 0.2) is 0 Å². The van der Waals surface area contributed by atoms with Crippen molar-refractivity contribution >= 4 is 5.97 Å². The number of hydrogen-bond acceptors (Lipinski definition) is 2. The zero-order chi connectivity index (χ0) is 13.7. The maximum Gasteiger partial charge on any atom is 0.303 e. The predicted octanol–water partition coefficient (Wildman–Crippen LogP) is 3.76. The van der Waals surface area contributed by atoms with Crippen molar-refractivity contribution in [3.05, 3.63) is 66.5 Å². The molecule has 2 nitrogen and oxygen atoms in total. The summed E-state index contributed by atoms with van der Waals surface area (Å²) in [6.07, 6.45) is 0.394. The SMILES string of the molecule is CC(=O)O[CH]Cc1ccc(-c2ccccc2)c(F)c1. The van der Waals surface area contributed by atoms with E-state index in [0.29, 0.717) is 12.0 Å². The van der Waals surface area contributed by atoms with Gasteiger partial charge >= 0.3 is 5.97 Å². The number of rotatable bonds is 4. The highest BCUT2D eigenvalue weighted by Gasteiger charge is 2.06. The third kappa shape index (κ3) is 3.65. The lowest BCUT2D eigenvalue weighted by atomic mass is 10.0. The van der Waals surface area contributed by atoms with Crippen molar-refractivity contribution < 1.29 is 13.9 Å². The number of carbonyl (C=O) groups is 1. The highest BCUT2D eigenvalue weighted by atomic mass is 19.1. The molecule has 0 saturated heterocycles. The van der Waals surface area contributed by atoms with E-state index in [1.54, 1.807) is 6.07 Å². The fourth-order valence-corrected chi connectivity index (χ4v) is 1.79. The Hall–Kier alpha value is -2.16. The first-order valence-electron chi connectivity index (χ1n) is 5.99. The first kappa shape index (κ1) is 13.3. The number of carbonyl (C=O) groups excluding carboxylic acids is 1. The average molecular weight is 257 g/mol. The maximum atomic E-state index is 14.0. The lowest BCUT2D eigenvalue weighted by molar-refractivity contribution is -0.137. The fourth-order valence-electron chi connectivity index (χ4n) is 1.79. The molecule has 0 aliphatic carbocycles. The normalized spacial score (nSPS) is 10.2. The third-order valence-electron chi connectivity index (χ3n) is 2.69. The molecule has 0 unspecified atom stereocenters. The molecule has 0 spiro atoms. The zero-order valence-corrected chi connectivity index (χ0v) is 10.6. The molecule has 2 aromatic carbocycles. The van der Waals surface area contributed by atoms with Gasteiger partial charge in [-0.05, 0) is 17.2 Å². The summed E-state index contributed by atoms with van der Waals surface area (Å²) in [6, 6.07) is 14.4.